The van der Waals surface area contributed by atoms with Crippen molar-refractivity contribution in [3.8, 4) is 23.0 Å². The molecular weight excluding hydrogens is 270 g/mol. The number of nitrogen functional groups attached to an aromatic ring is 1. The van der Waals surface area contributed by atoms with Crippen molar-refractivity contribution in [1.29, 1.82) is 0 Å². The van der Waals surface area contributed by atoms with E-state index in [9.17, 15) is 0 Å². The number of anilines is 1. The van der Waals surface area contributed by atoms with Crippen LogP contribution in [-0.2, 0) is 6.61 Å². The van der Waals surface area contributed by atoms with Crippen LogP contribution in [-0.4, -0.2) is 20.3 Å². The van der Waals surface area contributed by atoms with Gasteiger partial charge in [0, 0.05) is 23.4 Å². The van der Waals surface area contributed by atoms with Crippen LogP contribution in [0.5, 0.6) is 23.0 Å². The zero-order valence-electron chi connectivity index (χ0n) is 11.8. The van der Waals surface area contributed by atoms with Crippen LogP contribution < -0.4 is 24.7 Å². The third kappa shape index (κ3) is 2.97. The molecule has 0 aliphatic carbocycles. The molecule has 0 saturated carbocycles. The Labute approximate surface area is 123 Å². The average Bonchev–Trinajstić information content (AvgIpc) is 2.53. The van der Waals surface area contributed by atoms with Crippen LogP contribution in [0.4, 0.5) is 5.69 Å². The van der Waals surface area contributed by atoms with Crippen LogP contribution in [0.3, 0.4) is 0 Å². The number of fused-ring (bicyclic) bond motifs is 1. The van der Waals surface area contributed by atoms with Gasteiger partial charge in [-0.25, -0.2) is 0 Å². The van der Waals surface area contributed by atoms with Crippen molar-refractivity contribution in [3.05, 3.63) is 42.0 Å². The molecular formula is C16H17NO4. The fourth-order valence-electron chi connectivity index (χ4n) is 2.12. The molecule has 0 radical (unpaired) electrons. The van der Waals surface area contributed by atoms with Gasteiger partial charge in [-0.1, -0.05) is 6.07 Å². The number of ether oxygens (including phenoxy) is 4. The Morgan fingerprint density at radius 2 is 1.76 bits per heavy atom. The molecule has 1 aliphatic heterocycles. The van der Waals surface area contributed by atoms with Crippen LogP contribution >= 0.6 is 0 Å². The van der Waals surface area contributed by atoms with Gasteiger partial charge in [-0.15, -0.1) is 0 Å². The van der Waals surface area contributed by atoms with E-state index in [-0.39, 0.29) is 0 Å². The number of rotatable bonds is 4. The smallest absolute Gasteiger partial charge is 0.163 e. The van der Waals surface area contributed by atoms with Gasteiger partial charge in [0.05, 0.1) is 7.11 Å². The van der Waals surface area contributed by atoms with E-state index >= 15 is 0 Å². The second-order valence-electron chi connectivity index (χ2n) is 4.66. The summed E-state index contributed by atoms with van der Waals surface area (Å²) in [6, 6.07) is 11.1. The molecule has 21 heavy (non-hydrogen) atoms. The van der Waals surface area contributed by atoms with E-state index < -0.39 is 0 Å². The SMILES string of the molecule is COc1cccc(OCc2cc3c(cc2N)OCCO3)c1. The first-order valence-corrected chi connectivity index (χ1v) is 6.71. The van der Waals surface area contributed by atoms with Crippen LogP contribution in [0.1, 0.15) is 5.56 Å². The van der Waals surface area contributed by atoms with Gasteiger partial charge in [0.1, 0.15) is 31.3 Å². The summed E-state index contributed by atoms with van der Waals surface area (Å²) in [6.07, 6.45) is 0. The highest BCUT2D eigenvalue weighted by atomic mass is 16.6. The third-order valence-corrected chi connectivity index (χ3v) is 3.24. The summed E-state index contributed by atoms with van der Waals surface area (Å²) in [5.41, 5.74) is 7.51. The van der Waals surface area contributed by atoms with Crippen molar-refractivity contribution in [1.82, 2.24) is 0 Å². The molecule has 2 aromatic carbocycles. The molecule has 0 saturated heterocycles. The Hall–Kier alpha value is -2.56. The van der Waals surface area contributed by atoms with Gasteiger partial charge in [-0.2, -0.15) is 0 Å². The van der Waals surface area contributed by atoms with Crippen molar-refractivity contribution in [2.75, 3.05) is 26.1 Å². The van der Waals surface area contributed by atoms with Gasteiger partial charge in [0.15, 0.2) is 11.5 Å². The van der Waals surface area contributed by atoms with Gasteiger partial charge in [-0.05, 0) is 18.2 Å². The Bertz CT molecular complexity index is 642. The molecule has 0 bridgehead atoms. The van der Waals surface area contributed by atoms with E-state index in [1.165, 1.54) is 0 Å². The summed E-state index contributed by atoms with van der Waals surface area (Å²) in [4.78, 5) is 0. The minimum absolute atomic E-state index is 0.357. The number of benzene rings is 2. The van der Waals surface area contributed by atoms with Gasteiger partial charge in [-0.3, -0.25) is 0 Å². The fraction of sp³-hybridized carbons (Fsp3) is 0.250. The lowest BCUT2D eigenvalue weighted by Gasteiger charge is -2.20. The molecule has 0 aromatic heterocycles. The standard InChI is InChI=1S/C16H17NO4/c1-18-12-3-2-4-13(8-12)21-10-11-7-15-16(9-14(11)17)20-6-5-19-15/h2-4,7-9H,5-6,10,17H2,1H3. The monoisotopic (exact) mass is 287 g/mol. The second kappa shape index (κ2) is 5.83. The van der Waals surface area contributed by atoms with Gasteiger partial charge in [0.25, 0.3) is 0 Å². The molecule has 0 fully saturated rings. The molecule has 5 nitrogen and oxygen atoms in total. The number of methoxy groups -OCH3 is 1. The highest BCUT2D eigenvalue weighted by Gasteiger charge is 2.14. The normalized spacial score (nSPS) is 12.8. The van der Waals surface area contributed by atoms with Crippen LogP contribution in [0.15, 0.2) is 36.4 Å². The Morgan fingerprint density at radius 3 is 2.52 bits per heavy atom. The molecule has 2 aromatic rings. The molecule has 2 N–H and O–H groups in total. The maximum Gasteiger partial charge on any atom is 0.163 e. The maximum atomic E-state index is 6.02. The molecule has 5 heteroatoms. The summed E-state index contributed by atoms with van der Waals surface area (Å²) >= 11 is 0. The predicted octanol–water partition coefficient (Wildman–Crippen LogP) is 2.63. The molecule has 0 unspecified atom stereocenters. The number of hydrogen-bond acceptors (Lipinski definition) is 5. The zero-order chi connectivity index (χ0) is 14.7. The van der Waals surface area contributed by atoms with Crippen molar-refractivity contribution in [2.24, 2.45) is 0 Å². The summed E-state index contributed by atoms with van der Waals surface area (Å²) < 4.78 is 22.0. The van der Waals surface area contributed by atoms with Gasteiger partial charge in [0.2, 0.25) is 0 Å². The van der Waals surface area contributed by atoms with E-state index in [0.29, 0.717) is 37.0 Å². The summed E-state index contributed by atoms with van der Waals surface area (Å²) in [5.74, 6) is 2.87. The average molecular weight is 287 g/mol. The van der Waals surface area contributed by atoms with Crippen LogP contribution in [0.25, 0.3) is 0 Å². The molecule has 0 atom stereocenters. The van der Waals surface area contributed by atoms with Crippen molar-refractivity contribution in [3.63, 3.8) is 0 Å². The molecule has 0 amide bonds. The summed E-state index contributed by atoms with van der Waals surface area (Å²) in [6.45, 7) is 1.45. The van der Waals surface area contributed by atoms with Crippen molar-refractivity contribution in [2.45, 2.75) is 6.61 Å². The lowest BCUT2D eigenvalue weighted by atomic mass is 10.1. The fourth-order valence-corrected chi connectivity index (χ4v) is 2.12. The van der Waals surface area contributed by atoms with Crippen LogP contribution in [0.2, 0.25) is 0 Å². The Morgan fingerprint density at radius 1 is 1.05 bits per heavy atom. The highest BCUT2D eigenvalue weighted by Crippen LogP contribution is 2.34. The zero-order valence-corrected chi connectivity index (χ0v) is 11.8. The first kappa shape index (κ1) is 13.4. The van der Waals surface area contributed by atoms with Crippen LogP contribution in [0, 0.1) is 0 Å². The quantitative estimate of drug-likeness (QED) is 0.876. The summed E-state index contributed by atoms with van der Waals surface area (Å²) in [7, 11) is 1.62. The minimum Gasteiger partial charge on any atom is -0.497 e. The third-order valence-electron chi connectivity index (χ3n) is 3.24. The predicted molar refractivity (Wildman–Crippen MR) is 79.2 cm³/mol. The van der Waals surface area contributed by atoms with Crippen molar-refractivity contribution < 1.29 is 18.9 Å². The Balaban J connectivity index is 1.75. The van der Waals surface area contributed by atoms with E-state index in [0.717, 1.165) is 17.1 Å². The first-order valence-electron chi connectivity index (χ1n) is 6.71. The van der Waals surface area contributed by atoms with Gasteiger partial charge < -0.3 is 24.7 Å². The number of hydrogen-bond donors (Lipinski definition) is 1. The van der Waals surface area contributed by atoms with E-state index in [1.807, 2.05) is 30.3 Å². The highest BCUT2D eigenvalue weighted by molar-refractivity contribution is 5.58. The first-order chi connectivity index (χ1) is 10.3. The lowest BCUT2D eigenvalue weighted by Crippen LogP contribution is -2.16. The maximum absolute atomic E-state index is 6.02. The van der Waals surface area contributed by atoms with Gasteiger partial charge >= 0.3 is 0 Å². The van der Waals surface area contributed by atoms with E-state index in [2.05, 4.69) is 0 Å². The molecule has 0 spiro atoms. The molecule has 110 valence electrons. The minimum atomic E-state index is 0.357. The molecule has 1 heterocycles. The molecule has 1 aliphatic rings. The summed E-state index contributed by atoms with van der Waals surface area (Å²) in [5, 5.41) is 0. The lowest BCUT2D eigenvalue weighted by molar-refractivity contribution is 0.171. The van der Waals surface area contributed by atoms with E-state index in [1.54, 1.807) is 13.2 Å². The molecule has 3 rings (SSSR count). The Kier molecular flexibility index (Phi) is 3.73. The van der Waals surface area contributed by atoms with Crippen molar-refractivity contribution >= 4 is 5.69 Å². The number of nitrogens with two attached hydrogens (primary N) is 1. The largest absolute Gasteiger partial charge is 0.497 e. The van der Waals surface area contributed by atoms with E-state index in [4.69, 9.17) is 24.7 Å². The second-order valence-corrected chi connectivity index (χ2v) is 4.66. The topological polar surface area (TPSA) is 62.9 Å².